The molecule has 0 aliphatic heterocycles. The minimum absolute atomic E-state index is 0.0638. The van der Waals surface area contributed by atoms with Gasteiger partial charge in [-0.3, -0.25) is 5.41 Å². The number of hydrogen-bond acceptors (Lipinski definition) is 5. The summed E-state index contributed by atoms with van der Waals surface area (Å²) in [4.78, 5) is 12.3. The van der Waals surface area contributed by atoms with Crippen molar-refractivity contribution < 1.29 is 19.7 Å². The van der Waals surface area contributed by atoms with Gasteiger partial charge in [-0.05, 0) is 27.8 Å². The maximum absolute atomic E-state index is 12.3. The summed E-state index contributed by atoms with van der Waals surface area (Å²) in [6, 6.07) is 22.6. The summed E-state index contributed by atoms with van der Waals surface area (Å²) in [6.45, 7) is -0.0598. The Labute approximate surface area is 186 Å². The second-order valence-electron chi connectivity index (χ2n) is 7.72. The third kappa shape index (κ3) is 4.21. The fourth-order valence-electron chi connectivity index (χ4n) is 4.16. The number of amidine groups is 1. The summed E-state index contributed by atoms with van der Waals surface area (Å²) in [5.74, 6) is -0.276. The van der Waals surface area contributed by atoms with Gasteiger partial charge in [0.2, 0.25) is 0 Å². The van der Waals surface area contributed by atoms with Crippen LogP contribution in [-0.4, -0.2) is 41.4 Å². The van der Waals surface area contributed by atoms with Crippen LogP contribution in [0.4, 0.5) is 4.79 Å². The van der Waals surface area contributed by atoms with E-state index in [0.29, 0.717) is 11.1 Å². The number of aliphatic hydroxyl groups is 2. The molecule has 4 rings (SSSR count). The largest absolute Gasteiger partial charge is 0.449 e. The highest BCUT2D eigenvalue weighted by Crippen LogP contribution is 2.44. The number of hydrogen-bond donors (Lipinski definition) is 5. The molecular weight excluding hydrogens is 406 g/mol. The molecule has 3 aromatic rings. The molecule has 2 atom stereocenters. The van der Waals surface area contributed by atoms with Gasteiger partial charge in [0, 0.05) is 18.0 Å². The molecule has 0 bridgehead atoms. The smallest absolute Gasteiger partial charge is 0.407 e. The molecule has 0 aromatic heterocycles. The molecule has 6 N–H and O–H groups in total. The zero-order valence-electron chi connectivity index (χ0n) is 17.4. The number of carbonyl (C=O) groups is 1. The molecule has 7 nitrogen and oxygen atoms in total. The number of aliphatic hydroxyl groups excluding tert-OH is 2. The number of nitrogen functional groups attached to an aromatic ring is 1. The Morgan fingerprint density at radius 2 is 1.53 bits per heavy atom. The summed E-state index contributed by atoms with van der Waals surface area (Å²) in [5.41, 5.74) is 10.7. The van der Waals surface area contributed by atoms with E-state index in [9.17, 15) is 15.0 Å². The van der Waals surface area contributed by atoms with Gasteiger partial charge >= 0.3 is 6.09 Å². The van der Waals surface area contributed by atoms with Gasteiger partial charge in [0.1, 0.15) is 24.7 Å². The van der Waals surface area contributed by atoms with Crippen LogP contribution in [0.25, 0.3) is 11.1 Å². The number of amides is 1. The average molecular weight is 431 g/mol. The van der Waals surface area contributed by atoms with Crippen molar-refractivity contribution in [1.82, 2.24) is 5.32 Å². The lowest BCUT2D eigenvalue weighted by molar-refractivity contribution is 0.0184. The van der Waals surface area contributed by atoms with Crippen molar-refractivity contribution in [2.75, 3.05) is 13.2 Å². The van der Waals surface area contributed by atoms with E-state index in [1.54, 1.807) is 24.3 Å². The lowest BCUT2D eigenvalue weighted by atomic mass is 9.98. The summed E-state index contributed by atoms with van der Waals surface area (Å²) in [7, 11) is 0. The Morgan fingerprint density at radius 1 is 0.969 bits per heavy atom. The Balaban J connectivity index is 1.36. The molecule has 0 radical (unpaired) electrons. The van der Waals surface area contributed by atoms with Gasteiger partial charge in [-0.25, -0.2) is 4.79 Å². The van der Waals surface area contributed by atoms with E-state index in [0.717, 1.165) is 22.3 Å². The molecular formula is C25H25N3O4. The molecule has 0 fully saturated rings. The molecule has 0 saturated heterocycles. The topological polar surface area (TPSA) is 129 Å². The van der Waals surface area contributed by atoms with Crippen LogP contribution < -0.4 is 11.1 Å². The highest BCUT2D eigenvalue weighted by molar-refractivity contribution is 5.96. The highest BCUT2D eigenvalue weighted by Gasteiger charge is 2.29. The van der Waals surface area contributed by atoms with Crippen LogP contribution >= 0.6 is 0 Å². The molecule has 0 heterocycles. The van der Waals surface area contributed by atoms with E-state index >= 15 is 0 Å². The van der Waals surface area contributed by atoms with Gasteiger partial charge in [-0.15, -0.1) is 0 Å². The molecule has 7 heteroatoms. The summed E-state index contributed by atoms with van der Waals surface area (Å²) in [5, 5.41) is 30.9. The van der Waals surface area contributed by atoms with Gasteiger partial charge in [0.05, 0.1) is 0 Å². The second-order valence-corrected chi connectivity index (χ2v) is 7.72. The molecule has 2 unspecified atom stereocenters. The number of carbonyl (C=O) groups excluding carboxylic acids is 1. The maximum atomic E-state index is 12.3. The van der Waals surface area contributed by atoms with E-state index in [1.807, 2.05) is 36.4 Å². The summed E-state index contributed by atoms with van der Waals surface area (Å²) < 4.78 is 5.44. The van der Waals surface area contributed by atoms with Gasteiger partial charge in [0.15, 0.2) is 0 Å². The Kier molecular flexibility index (Phi) is 6.20. The lowest BCUT2D eigenvalue weighted by Crippen LogP contribution is -2.36. The first-order valence-electron chi connectivity index (χ1n) is 10.4. The molecule has 164 valence electrons. The van der Waals surface area contributed by atoms with Crippen molar-refractivity contribution in [2.24, 2.45) is 5.73 Å². The van der Waals surface area contributed by atoms with E-state index in [-0.39, 0.29) is 24.9 Å². The van der Waals surface area contributed by atoms with Crippen LogP contribution in [0.1, 0.15) is 34.3 Å². The van der Waals surface area contributed by atoms with Crippen molar-refractivity contribution in [3.63, 3.8) is 0 Å². The van der Waals surface area contributed by atoms with Gasteiger partial charge < -0.3 is 26.0 Å². The number of rotatable bonds is 7. The van der Waals surface area contributed by atoms with Crippen molar-refractivity contribution in [3.8, 4) is 11.1 Å². The third-order valence-corrected chi connectivity index (χ3v) is 5.73. The standard InChI is InChI=1S/C25H25N3O4/c26-24(27)20-12-6-5-11-19(20)23(30)22(29)13-28-25(31)32-14-21-17-9-3-1-7-15(17)16-8-2-4-10-18(16)21/h1-12,21-23,29-30H,13-14H2,(H3,26,27)(H,28,31). The van der Waals surface area contributed by atoms with Crippen molar-refractivity contribution in [2.45, 2.75) is 18.1 Å². The van der Waals surface area contributed by atoms with E-state index in [1.165, 1.54) is 0 Å². The monoisotopic (exact) mass is 431 g/mol. The first-order valence-corrected chi connectivity index (χ1v) is 10.4. The van der Waals surface area contributed by atoms with Crippen LogP contribution in [0.5, 0.6) is 0 Å². The van der Waals surface area contributed by atoms with Crippen molar-refractivity contribution >= 4 is 11.9 Å². The van der Waals surface area contributed by atoms with E-state index in [2.05, 4.69) is 17.4 Å². The maximum Gasteiger partial charge on any atom is 0.407 e. The quantitative estimate of drug-likeness (QED) is 0.290. The Morgan fingerprint density at radius 3 is 2.16 bits per heavy atom. The molecule has 1 amide bonds. The first kappa shape index (κ1) is 21.5. The van der Waals surface area contributed by atoms with Gasteiger partial charge in [0.25, 0.3) is 0 Å². The molecule has 0 spiro atoms. The van der Waals surface area contributed by atoms with E-state index < -0.39 is 18.3 Å². The predicted octanol–water partition coefficient (Wildman–Crippen LogP) is 2.90. The number of nitrogens with two attached hydrogens (primary N) is 1. The summed E-state index contributed by atoms with van der Waals surface area (Å²) in [6.07, 6.45) is -3.29. The number of ether oxygens (including phenoxy) is 1. The molecule has 1 aliphatic rings. The molecule has 32 heavy (non-hydrogen) atoms. The molecule has 1 aliphatic carbocycles. The summed E-state index contributed by atoms with van der Waals surface area (Å²) >= 11 is 0. The fourth-order valence-corrected chi connectivity index (χ4v) is 4.16. The SMILES string of the molecule is N=C(N)c1ccccc1C(O)C(O)CNC(=O)OCC1c2ccccc2-c2ccccc21. The van der Waals surface area contributed by atoms with Crippen LogP contribution in [0.15, 0.2) is 72.8 Å². The van der Waals surface area contributed by atoms with E-state index in [4.69, 9.17) is 15.9 Å². The van der Waals surface area contributed by atoms with Crippen molar-refractivity contribution in [1.29, 1.82) is 5.41 Å². The van der Waals surface area contributed by atoms with Crippen LogP contribution in [0.3, 0.4) is 0 Å². The number of nitrogens with one attached hydrogen (secondary N) is 2. The second kappa shape index (κ2) is 9.21. The Bertz CT molecular complexity index is 1100. The zero-order chi connectivity index (χ0) is 22.7. The fraction of sp³-hybridized carbons (Fsp3) is 0.200. The highest BCUT2D eigenvalue weighted by atomic mass is 16.5. The van der Waals surface area contributed by atoms with Crippen LogP contribution in [0.2, 0.25) is 0 Å². The van der Waals surface area contributed by atoms with Gasteiger partial charge in [-0.1, -0.05) is 72.8 Å². The first-order chi connectivity index (χ1) is 15.5. The Hall–Kier alpha value is -3.68. The average Bonchev–Trinajstić information content (AvgIpc) is 3.14. The van der Waals surface area contributed by atoms with Crippen LogP contribution in [-0.2, 0) is 4.74 Å². The minimum atomic E-state index is -1.32. The van der Waals surface area contributed by atoms with Gasteiger partial charge in [-0.2, -0.15) is 0 Å². The van der Waals surface area contributed by atoms with Crippen molar-refractivity contribution in [3.05, 3.63) is 95.1 Å². The molecule has 3 aromatic carbocycles. The zero-order valence-corrected chi connectivity index (χ0v) is 17.4. The number of benzene rings is 3. The lowest BCUT2D eigenvalue weighted by Gasteiger charge is -2.21. The van der Waals surface area contributed by atoms with Crippen LogP contribution in [0, 0.1) is 5.41 Å². The number of fused-ring (bicyclic) bond motifs is 3. The predicted molar refractivity (Wildman–Crippen MR) is 121 cm³/mol. The number of alkyl carbamates (subject to hydrolysis) is 1. The third-order valence-electron chi connectivity index (χ3n) is 5.73. The minimum Gasteiger partial charge on any atom is -0.449 e. The molecule has 0 saturated carbocycles. The normalized spacial score (nSPS) is 14.2.